The lowest BCUT2D eigenvalue weighted by Crippen LogP contribution is -2.48. The first kappa shape index (κ1) is 17.6. The molecule has 2 fully saturated rings. The Kier molecular flexibility index (Phi) is 7.12. The molecular formula is C13H24ClN3O2S. The lowest BCUT2D eigenvalue weighted by Gasteiger charge is -2.27. The molecule has 0 saturated carbocycles. The van der Waals surface area contributed by atoms with Crippen molar-refractivity contribution in [1.82, 2.24) is 9.80 Å². The number of carbonyl (C=O) groups excluding carboxylic acids is 2. The molecule has 116 valence electrons. The lowest BCUT2D eigenvalue weighted by molar-refractivity contribution is -0.142. The summed E-state index contributed by atoms with van der Waals surface area (Å²) in [4.78, 5) is 28.2. The van der Waals surface area contributed by atoms with Gasteiger partial charge in [0.2, 0.25) is 11.8 Å². The third-order valence-corrected chi connectivity index (χ3v) is 4.89. The number of halogens is 1. The number of thioether (sulfide) groups is 1. The maximum Gasteiger partial charge on any atom is 0.246 e. The van der Waals surface area contributed by atoms with Crippen LogP contribution in [0.15, 0.2) is 0 Å². The van der Waals surface area contributed by atoms with Gasteiger partial charge < -0.3 is 15.5 Å². The normalized spacial score (nSPS) is 25.7. The van der Waals surface area contributed by atoms with Crippen LogP contribution in [0.4, 0.5) is 0 Å². The van der Waals surface area contributed by atoms with Crippen LogP contribution < -0.4 is 5.73 Å². The number of amides is 2. The Morgan fingerprint density at radius 2 is 2.15 bits per heavy atom. The molecule has 0 aromatic rings. The number of hydrogen-bond donors (Lipinski definition) is 1. The number of carbonyl (C=O) groups is 2. The number of likely N-dealkylation sites (tertiary alicyclic amines) is 1. The minimum Gasteiger partial charge on any atom is -0.341 e. The van der Waals surface area contributed by atoms with E-state index in [1.165, 1.54) is 0 Å². The van der Waals surface area contributed by atoms with Crippen molar-refractivity contribution in [3.8, 4) is 0 Å². The molecule has 0 radical (unpaired) electrons. The summed E-state index contributed by atoms with van der Waals surface area (Å²) >= 11 is 1.67. The summed E-state index contributed by atoms with van der Waals surface area (Å²) < 4.78 is 0. The van der Waals surface area contributed by atoms with Crippen LogP contribution >= 0.6 is 24.2 Å². The molecule has 2 aliphatic rings. The summed E-state index contributed by atoms with van der Waals surface area (Å²) in [6, 6.07) is -0.249. The number of nitrogens with two attached hydrogens (primary N) is 1. The number of rotatable bonds is 4. The average molecular weight is 322 g/mol. The Morgan fingerprint density at radius 3 is 2.75 bits per heavy atom. The van der Waals surface area contributed by atoms with E-state index in [4.69, 9.17) is 5.73 Å². The van der Waals surface area contributed by atoms with Gasteiger partial charge in [-0.3, -0.25) is 9.59 Å². The first-order valence-electron chi connectivity index (χ1n) is 7.03. The number of hydrogen-bond acceptors (Lipinski definition) is 4. The summed E-state index contributed by atoms with van der Waals surface area (Å²) in [6.45, 7) is 4.18. The van der Waals surface area contributed by atoms with Crippen LogP contribution in [0.25, 0.3) is 0 Å². The van der Waals surface area contributed by atoms with E-state index in [0.717, 1.165) is 31.7 Å². The zero-order chi connectivity index (χ0) is 13.8. The van der Waals surface area contributed by atoms with Crippen molar-refractivity contribution in [3.63, 3.8) is 0 Å². The van der Waals surface area contributed by atoms with Gasteiger partial charge in [-0.25, -0.2) is 0 Å². The van der Waals surface area contributed by atoms with Crippen LogP contribution in [0.5, 0.6) is 0 Å². The zero-order valence-electron chi connectivity index (χ0n) is 11.9. The van der Waals surface area contributed by atoms with Gasteiger partial charge in [0.25, 0.3) is 0 Å². The molecule has 5 nitrogen and oxygen atoms in total. The molecule has 2 rings (SSSR count). The second-order valence-corrected chi connectivity index (χ2v) is 6.30. The average Bonchev–Trinajstić information content (AvgIpc) is 3.07. The van der Waals surface area contributed by atoms with Crippen molar-refractivity contribution in [2.45, 2.75) is 32.2 Å². The van der Waals surface area contributed by atoms with Gasteiger partial charge in [-0.05, 0) is 25.3 Å². The predicted octanol–water partition coefficient (Wildman–Crippen LogP) is 0.917. The molecule has 2 atom stereocenters. The Hall–Kier alpha value is -0.460. The molecule has 0 aromatic heterocycles. The van der Waals surface area contributed by atoms with E-state index in [1.807, 2.05) is 11.8 Å². The van der Waals surface area contributed by atoms with Gasteiger partial charge in [0.15, 0.2) is 0 Å². The van der Waals surface area contributed by atoms with Crippen LogP contribution in [0.1, 0.15) is 26.2 Å². The second-order valence-electron chi connectivity index (χ2n) is 5.30. The van der Waals surface area contributed by atoms with Gasteiger partial charge in [0.05, 0.1) is 5.88 Å². The predicted molar refractivity (Wildman–Crippen MR) is 83.9 cm³/mol. The van der Waals surface area contributed by atoms with Gasteiger partial charge in [-0.15, -0.1) is 24.2 Å². The van der Waals surface area contributed by atoms with E-state index >= 15 is 0 Å². The fraction of sp³-hybridized carbons (Fsp3) is 0.846. The maximum absolute atomic E-state index is 12.5. The van der Waals surface area contributed by atoms with Crippen molar-refractivity contribution in [2.75, 3.05) is 31.3 Å². The summed E-state index contributed by atoms with van der Waals surface area (Å²) in [7, 11) is 0. The molecule has 20 heavy (non-hydrogen) atoms. The van der Waals surface area contributed by atoms with Gasteiger partial charge in [-0.1, -0.05) is 6.92 Å². The molecule has 2 heterocycles. The minimum atomic E-state index is -0.249. The van der Waals surface area contributed by atoms with E-state index in [9.17, 15) is 9.59 Å². The molecular weight excluding hydrogens is 298 g/mol. The van der Waals surface area contributed by atoms with Crippen molar-refractivity contribution in [2.24, 2.45) is 11.7 Å². The van der Waals surface area contributed by atoms with Crippen LogP contribution in [0.2, 0.25) is 0 Å². The van der Waals surface area contributed by atoms with Crippen molar-refractivity contribution in [3.05, 3.63) is 0 Å². The van der Waals surface area contributed by atoms with Crippen LogP contribution in [0.3, 0.4) is 0 Å². The van der Waals surface area contributed by atoms with E-state index in [1.54, 1.807) is 16.7 Å². The fourth-order valence-electron chi connectivity index (χ4n) is 2.69. The Labute approximate surface area is 131 Å². The quantitative estimate of drug-likeness (QED) is 0.836. The molecule has 0 spiro atoms. The summed E-state index contributed by atoms with van der Waals surface area (Å²) in [6.07, 6.45) is 2.36. The Morgan fingerprint density at radius 1 is 1.40 bits per heavy atom. The smallest absolute Gasteiger partial charge is 0.246 e. The van der Waals surface area contributed by atoms with E-state index in [-0.39, 0.29) is 30.3 Å². The largest absolute Gasteiger partial charge is 0.341 e. The van der Waals surface area contributed by atoms with Gasteiger partial charge >= 0.3 is 0 Å². The first-order chi connectivity index (χ1) is 9.17. The number of nitrogens with zero attached hydrogens (tertiary/aromatic N) is 2. The first-order valence-corrected chi connectivity index (χ1v) is 8.18. The van der Waals surface area contributed by atoms with Crippen LogP contribution in [-0.2, 0) is 9.59 Å². The highest BCUT2D eigenvalue weighted by molar-refractivity contribution is 7.99. The molecule has 0 aliphatic carbocycles. The highest BCUT2D eigenvalue weighted by atomic mass is 35.5. The lowest BCUT2D eigenvalue weighted by atomic mass is 10.1. The van der Waals surface area contributed by atoms with Crippen molar-refractivity contribution >= 4 is 36.0 Å². The van der Waals surface area contributed by atoms with Crippen molar-refractivity contribution < 1.29 is 9.59 Å². The van der Waals surface area contributed by atoms with E-state index in [2.05, 4.69) is 0 Å². The summed E-state index contributed by atoms with van der Waals surface area (Å²) in [5.74, 6) is 2.05. The van der Waals surface area contributed by atoms with Crippen molar-refractivity contribution in [1.29, 1.82) is 0 Å². The van der Waals surface area contributed by atoms with E-state index in [0.29, 0.717) is 24.8 Å². The third-order valence-electron chi connectivity index (χ3n) is 3.88. The molecule has 7 heteroatoms. The monoisotopic (exact) mass is 321 g/mol. The van der Waals surface area contributed by atoms with Gasteiger partial charge in [0, 0.05) is 25.3 Å². The molecule has 2 aliphatic heterocycles. The second kappa shape index (κ2) is 8.10. The Bertz CT molecular complexity index is 357. The van der Waals surface area contributed by atoms with Gasteiger partial charge in [0.1, 0.15) is 6.04 Å². The summed E-state index contributed by atoms with van der Waals surface area (Å²) in [5.41, 5.74) is 5.66. The molecule has 2 amide bonds. The van der Waals surface area contributed by atoms with Crippen LogP contribution in [-0.4, -0.2) is 58.9 Å². The molecule has 2 N–H and O–H groups in total. The highest BCUT2D eigenvalue weighted by Gasteiger charge is 2.38. The zero-order valence-corrected chi connectivity index (χ0v) is 13.5. The molecule has 2 unspecified atom stereocenters. The fourth-order valence-corrected chi connectivity index (χ4v) is 3.86. The summed E-state index contributed by atoms with van der Waals surface area (Å²) in [5, 5.41) is 0. The minimum absolute atomic E-state index is 0. The topological polar surface area (TPSA) is 66.6 Å². The van der Waals surface area contributed by atoms with Crippen LogP contribution in [0, 0.1) is 5.92 Å². The van der Waals surface area contributed by atoms with Gasteiger partial charge in [-0.2, -0.15) is 0 Å². The maximum atomic E-state index is 12.5. The molecule has 0 aromatic carbocycles. The Balaban J connectivity index is 0.00000200. The molecule has 2 saturated heterocycles. The standard InChI is InChI=1S/C13H23N3O2S.ClH/c1-2-3-12(17)16-9-19-8-11(16)13(18)15-5-4-10(6-14)7-15;/h10-11H,2-9,14H2,1H3;1H. The highest BCUT2D eigenvalue weighted by Crippen LogP contribution is 2.25. The SMILES string of the molecule is CCCC(=O)N1CSCC1C(=O)N1CCC(CN)C1.Cl. The third kappa shape index (κ3) is 3.80. The van der Waals surface area contributed by atoms with E-state index < -0.39 is 0 Å². The molecule has 0 bridgehead atoms.